The Kier molecular flexibility index (Phi) is 7.53. The zero-order valence-electron chi connectivity index (χ0n) is 10.4. The summed E-state index contributed by atoms with van der Waals surface area (Å²) in [5.74, 6) is -0.540. The number of hydrogen-bond donors (Lipinski definition) is 2. The van der Waals surface area contributed by atoms with Gasteiger partial charge in [0.2, 0.25) is 0 Å². The van der Waals surface area contributed by atoms with E-state index in [9.17, 15) is 13.8 Å². The topological polar surface area (TPSA) is 86.7 Å². The molecule has 0 saturated carbocycles. The first-order valence-electron chi connectivity index (χ1n) is 5.44. The summed E-state index contributed by atoms with van der Waals surface area (Å²) in [5, 5.41) is 11.2. The summed E-state index contributed by atoms with van der Waals surface area (Å²) < 4.78 is 11.0. The lowest BCUT2D eigenvalue weighted by Crippen LogP contribution is -2.46. The molecule has 0 fully saturated rings. The fourth-order valence-electron chi connectivity index (χ4n) is 1.33. The van der Waals surface area contributed by atoms with Crippen molar-refractivity contribution in [3.05, 3.63) is 0 Å². The summed E-state index contributed by atoms with van der Waals surface area (Å²) >= 11 is 0. The molecular formula is C10H20N2O4S. The Balaban J connectivity index is 4.15. The lowest BCUT2D eigenvalue weighted by atomic mass is 10.3. The molecule has 2 N–H and O–H groups in total. The number of carbonyl (C=O) groups excluding carboxylic acids is 1. The highest BCUT2D eigenvalue weighted by Crippen LogP contribution is 1.95. The summed E-state index contributed by atoms with van der Waals surface area (Å²) in [5.41, 5.74) is 0. The Morgan fingerprint density at radius 2 is 2.06 bits per heavy atom. The number of aliphatic carboxylic acids is 1. The zero-order chi connectivity index (χ0) is 13.4. The molecule has 0 heterocycles. The van der Waals surface area contributed by atoms with Gasteiger partial charge in [0.05, 0.1) is 6.42 Å². The maximum Gasteiger partial charge on any atom is 0.317 e. The Labute approximate surface area is 104 Å². The zero-order valence-corrected chi connectivity index (χ0v) is 11.2. The van der Waals surface area contributed by atoms with Crippen molar-refractivity contribution < 1.29 is 18.9 Å². The van der Waals surface area contributed by atoms with Crippen molar-refractivity contribution in [2.45, 2.75) is 26.3 Å². The van der Waals surface area contributed by atoms with Crippen LogP contribution in [0.1, 0.15) is 20.3 Å². The number of carboxylic acids is 1. The number of carbonyl (C=O) groups is 2. The first-order valence-corrected chi connectivity index (χ1v) is 7.16. The van der Waals surface area contributed by atoms with Gasteiger partial charge in [-0.25, -0.2) is 4.79 Å². The van der Waals surface area contributed by atoms with Gasteiger partial charge in [0.1, 0.15) is 0 Å². The third kappa shape index (κ3) is 7.73. The minimum Gasteiger partial charge on any atom is -0.481 e. The Morgan fingerprint density at radius 1 is 1.47 bits per heavy atom. The van der Waals surface area contributed by atoms with Crippen molar-refractivity contribution in [1.29, 1.82) is 0 Å². The molecule has 0 aliphatic heterocycles. The molecule has 17 heavy (non-hydrogen) atoms. The van der Waals surface area contributed by atoms with Gasteiger partial charge in [-0.2, -0.15) is 0 Å². The number of nitrogens with one attached hydrogen (secondary N) is 1. The van der Waals surface area contributed by atoms with Crippen molar-refractivity contribution in [3.8, 4) is 0 Å². The fourth-order valence-corrected chi connectivity index (χ4v) is 2.12. The van der Waals surface area contributed by atoms with Gasteiger partial charge in [0, 0.05) is 41.9 Å². The van der Waals surface area contributed by atoms with E-state index in [1.165, 1.54) is 4.90 Å². The van der Waals surface area contributed by atoms with Gasteiger partial charge < -0.3 is 15.3 Å². The molecule has 0 rings (SSSR count). The van der Waals surface area contributed by atoms with Gasteiger partial charge in [-0.3, -0.25) is 9.00 Å². The predicted molar refractivity (Wildman–Crippen MR) is 66.4 cm³/mol. The maximum atomic E-state index is 11.7. The number of hydrogen-bond acceptors (Lipinski definition) is 3. The van der Waals surface area contributed by atoms with Crippen LogP contribution in [0.15, 0.2) is 0 Å². The first-order chi connectivity index (χ1) is 7.86. The molecule has 2 atom stereocenters. The quantitative estimate of drug-likeness (QED) is 0.690. The van der Waals surface area contributed by atoms with E-state index in [1.54, 1.807) is 20.1 Å². The lowest BCUT2D eigenvalue weighted by Gasteiger charge is -2.23. The number of carboxylic acid groups (broad SMARTS) is 1. The average Bonchev–Trinajstić information content (AvgIpc) is 2.16. The summed E-state index contributed by atoms with van der Waals surface area (Å²) in [6.07, 6.45) is 1.50. The van der Waals surface area contributed by atoms with E-state index in [-0.39, 0.29) is 25.0 Å². The minimum absolute atomic E-state index is 0.0741. The fraction of sp³-hybridized carbons (Fsp3) is 0.800. The second kappa shape index (κ2) is 8.05. The third-order valence-corrected chi connectivity index (χ3v) is 3.09. The largest absolute Gasteiger partial charge is 0.481 e. The van der Waals surface area contributed by atoms with Gasteiger partial charge >= 0.3 is 12.0 Å². The van der Waals surface area contributed by atoms with Crippen LogP contribution in [-0.4, -0.2) is 57.4 Å². The molecule has 6 nitrogen and oxygen atoms in total. The van der Waals surface area contributed by atoms with Gasteiger partial charge in [0.25, 0.3) is 0 Å². The average molecular weight is 264 g/mol. The summed E-state index contributed by atoms with van der Waals surface area (Å²) in [7, 11) is -0.966. The van der Waals surface area contributed by atoms with Gasteiger partial charge in [-0.1, -0.05) is 0 Å². The van der Waals surface area contributed by atoms with E-state index in [0.717, 1.165) is 0 Å². The smallest absolute Gasteiger partial charge is 0.317 e. The molecule has 100 valence electrons. The molecule has 0 aromatic carbocycles. The Morgan fingerprint density at radius 3 is 2.47 bits per heavy atom. The number of amides is 2. The lowest BCUT2D eigenvalue weighted by molar-refractivity contribution is -0.137. The van der Waals surface area contributed by atoms with E-state index in [2.05, 4.69) is 5.32 Å². The number of nitrogens with zero attached hydrogens (tertiary/aromatic N) is 1. The van der Waals surface area contributed by atoms with E-state index >= 15 is 0 Å². The van der Waals surface area contributed by atoms with E-state index in [4.69, 9.17) is 5.11 Å². The number of rotatable bonds is 7. The van der Waals surface area contributed by atoms with Crippen molar-refractivity contribution in [2.24, 2.45) is 0 Å². The summed E-state index contributed by atoms with van der Waals surface area (Å²) in [6, 6.07) is -0.501. The molecule has 0 aliphatic rings. The summed E-state index contributed by atoms with van der Waals surface area (Å²) in [4.78, 5) is 23.5. The highest BCUT2D eigenvalue weighted by molar-refractivity contribution is 7.84. The number of urea groups is 1. The van der Waals surface area contributed by atoms with Crippen molar-refractivity contribution in [2.75, 3.05) is 25.1 Å². The molecular weight excluding hydrogens is 244 g/mol. The normalized spacial score (nSPS) is 13.8. The van der Waals surface area contributed by atoms with Crippen LogP contribution < -0.4 is 5.32 Å². The SMILES string of the molecule is CCN(CCC(=O)O)C(=O)NC(C)CS(C)=O. The molecule has 0 aromatic rings. The Hall–Kier alpha value is -1.11. The molecule has 0 spiro atoms. The van der Waals surface area contributed by atoms with Gasteiger partial charge in [-0.05, 0) is 13.8 Å². The molecule has 0 aromatic heterocycles. The Bertz CT molecular complexity index is 296. The van der Waals surface area contributed by atoms with Crippen LogP contribution in [0, 0.1) is 0 Å². The minimum atomic E-state index is -0.966. The monoisotopic (exact) mass is 264 g/mol. The van der Waals surface area contributed by atoms with Crippen LogP contribution in [0.3, 0.4) is 0 Å². The van der Waals surface area contributed by atoms with Crippen LogP contribution in [0.4, 0.5) is 4.79 Å². The second-order valence-corrected chi connectivity index (χ2v) is 5.29. The molecule has 2 amide bonds. The highest BCUT2D eigenvalue weighted by Gasteiger charge is 2.15. The van der Waals surface area contributed by atoms with E-state index in [0.29, 0.717) is 12.3 Å². The molecule has 0 saturated heterocycles. The van der Waals surface area contributed by atoms with Gasteiger partial charge in [0.15, 0.2) is 0 Å². The predicted octanol–water partition coefficient (Wildman–Crippen LogP) is 0.260. The molecule has 7 heteroatoms. The van der Waals surface area contributed by atoms with Crippen LogP contribution in [0.5, 0.6) is 0 Å². The van der Waals surface area contributed by atoms with Crippen molar-refractivity contribution in [1.82, 2.24) is 10.2 Å². The second-order valence-electron chi connectivity index (χ2n) is 3.81. The highest BCUT2D eigenvalue weighted by atomic mass is 32.2. The van der Waals surface area contributed by atoms with Gasteiger partial charge in [-0.15, -0.1) is 0 Å². The molecule has 0 aliphatic carbocycles. The molecule has 0 bridgehead atoms. The van der Waals surface area contributed by atoms with Crippen LogP contribution in [-0.2, 0) is 15.6 Å². The van der Waals surface area contributed by atoms with Crippen molar-refractivity contribution >= 4 is 22.8 Å². The molecule has 2 unspecified atom stereocenters. The van der Waals surface area contributed by atoms with Crippen LogP contribution in [0.2, 0.25) is 0 Å². The molecule has 0 radical (unpaired) electrons. The third-order valence-electron chi connectivity index (χ3n) is 2.12. The maximum absolute atomic E-state index is 11.7. The van der Waals surface area contributed by atoms with E-state index < -0.39 is 16.8 Å². The van der Waals surface area contributed by atoms with Crippen LogP contribution >= 0.6 is 0 Å². The van der Waals surface area contributed by atoms with Crippen LogP contribution in [0.25, 0.3) is 0 Å². The van der Waals surface area contributed by atoms with E-state index in [1.807, 2.05) is 0 Å². The summed E-state index contributed by atoms with van der Waals surface area (Å²) in [6.45, 7) is 4.18. The van der Waals surface area contributed by atoms with Crippen molar-refractivity contribution in [3.63, 3.8) is 0 Å². The first kappa shape index (κ1) is 15.9. The standard InChI is InChI=1S/C10H20N2O4S/c1-4-12(6-5-9(13)14)10(15)11-8(2)7-17(3)16/h8H,4-7H2,1-3H3,(H,11,15)(H,13,14).